The van der Waals surface area contributed by atoms with Crippen LogP contribution in [0.1, 0.15) is 47.2 Å². The Labute approximate surface area is 212 Å². The van der Waals surface area contributed by atoms with Crippen LogP contribution in [0.5, 0.6) is 5.75 Å². The summed E-state index contributed by atoms with van der Waals surface area (Å²) in [6, 6.07) is 21.4. The zero-order valence-electron chi connectivity index (χ0n) is 20.8. The van der Waals surface area contributed by atoms with Crippen LogP contribution in [0.4, 0.5) is 0 Å². The molecule has 3 fully saturated rings. The van der Waals surface area contributed by atoms with Gasteiger partial charge in [0.2, 0.25) is 0 Å². The molecular formula is C30H33N5O. The van der Waals surface area contributed by atoms with Crippen LogP contribution >= 0.6 is 0 Å². The van der Waals surface area contributed by atoms with E-state index in [9.17, 15) is 0 Å². The van der Waals surface area contributed by atoms with Crippen molar-refractivity contribution in [2.45, 2.75) is 37.4 Å². The molecule has 6 nitrogen and oxygen atoms in total. The predicted molar refractivity (Wildman–Crippen MR) is 144 cm³/mol. The molecule has 0 radical (unpaired) electrons. The minimum atomic E-state index is -0.0428. The number of ether oxygens (including phenoxy) is 1. The second-order valence-electron chi connectivity index (χ2n) is 10.2. The van der Waals surface area contributed by atoms with Crippen LogP contribution in [0.3, 0.4) is 0 Å². The highest BCUT2D eigenvalue weighted by atomic mass is 16.5. The fourth-order valence-electron chi connectivity index (χ4n) is 6.18. The molecule has 3 aliphatic rings. The normalized spacial score (nSPS) is 24.1. The molecule has 2 bridgehead atoms. The smallest absolute Gasteiger partial charge is 0.119 e. The summed E-state index contributed by atoms with van der Waals surface area (Å²) in [6.45, 7) is 6.64. The largest absolute Gasteiger partial charge is 0.497 e. The molecule has 7 rings (SSSR count). The van der Waals surface area contributed by atoms with Crippen molar-refractivity contribution < 1.29 is 4.74 Å². The van der Waals surface area contributed by atoms with Crippen molar-refractivity contribution in [3.8, 4) is 5.75 Å². The zero-order chi connectivity index (χ0) is 24.6. The van der Waals surface area contributed by atoms with E-state index in [4.69, 9.17) is 10.5 Å². The fraction of sp³-hybridized carbons (Fsp3) is 0.333. The first kappa shape index (κ1) is 23.0. The van der Waals surface area contributed by atoms with Crippen LogP contribution in [0, 0.1) is 5.92 Å². The number of nitrogens with zero attached hydrogens (tertiary/aromatic N) is 4. The van der Waals surface area contributed by atoms with E-state index in [-0.39, 0.29) is 6.04 Å². The van der Waals surface area contributed by atoms with Gasteiger partial charge in [-0.25, -0.2) is 4.68 Å². The molecule has 3 aromatic carbocycles. The minimum absolute atomic E-state index is 0.0428. The number of fused-ring (bicyclic) bond motifs is 4. The SMILES string of the molecule is C=Cc1ccc(Cn2cc(C3CN4CCC3CC4[C@@H](N)c3cccc4ccc(OC)cc34)nn2)cc1. The molecular weight excluding hydrogens is 446 g/mol. The molecule has 0 saturated carbocycles. The summed E-state index contributed by atoms with van der Waals surface area (Å²) >= 11 is 0. The van der Waals surface area contributed by atoms with Gasteiger partial charge >= 0.3 is 0 Å². The van der Waals surface area contributed by atoms with Crippen LogP contribution in [0.25, 0.3) is 16.8 Å². The number of hydrogen-bond acceptors (Lipinski definition) is 5. The van der Waals surface area contributed by atoms with Crippen molar-refractivity contribution in [1.29, 1.82) is 0 Å². The fourth-order valence-corrected chi connectivity index (χ4v) is 6.18. The zero-order valence-corrected chi connectivity index (χ0v) is 20.8. The molecule has 36 heavy (non-hydrogen) atoms. The highest BCUT2D eigenvalue weighted by Gasteiger charge is 2.44. The average Bonchev–Trinajstić information content (AvgIpc) is 3.41. The van der Waals surface area contributed by atoms with Crippen LogP contribution < -0.4 is 10.5 Å². The minimum Gasteiger partial charge on any atom is -0.497 e. The lowest BCUT2D eigenvalue weighted by Crippen LogP contribution is -2.55. The number of rotatable bonds is 7. The Bertz CT molecular complexity index is 1380. The Balaban J connectivity index is 1.19. The maximum absolute atomic E-state index is 6.99. The molecule has 2 N–H and O–H groups in total. The molecule has 1 aromatic heterocycles. The van der Waals surface area contributed by atoms with Crippen LogP contribution in [0.15, 0.2) is 73.4 Å². The van der Waals surface area contributed by atoms with E-state index in [1.54, 1.807) is 7.11 Å². The van der Waals surface area contributed by atoms with Crippen molar-refractivity contribution in [1.82, 2.24) is 19.9 Å². The van der Waals surface area contributed by atoms with Gasteiger partial charge in [0.05, 0.1) is 19.3 Å². The van der Waals surface area contributed by atoms with Gasteiger partial charge in [-0.2, -0.15) is 0 Å². The van der Waals surface area contributed by atoms with Crippen LogP contribution in [0.2, 0.25) is 0 Å². The summed E-state index contributed by atoms with van der Waals surface area (Å²) in [5, 5.41) is 11.4. The maximum Gasteiger partial charge on any atom is 0.119 e. The molecule has 0 amide bonds. The molecule has 5 atom stereocenters. The first-order chi connectivity index (χ1) is 17.6. The summed E-state index contributed by atoms with van der Waals surface area (Å²) < 4.78 is 7.46. The Kier molecular flexibility index (Phi) is 6.07. The second kappa shape index (κ2) is 9.52. The Hall–Kier alpha value is -3.48. The van der Waals surface area contributed by atoms with E-state index in [1.807, 2.05) is 16.8 Å². The number of benzene rings is 3. The first-order valence-electron chi connectivity index (χ1n) is 12.8. The quantitative estimate of drug-likeness (QED) is 0.404. The van der Waals surface area contributed by atoms with Gasteiger partial charge in [0.25, 0.3) is 0 Å². The molecule has 4 aromatic rings. The highest BCUT2D eigenvalue weighted by molar-refractivity contribution is 5.87. The van der Waals surface area contributed by atoms with Crippen molar-refractivity contribution >= 4 is 16.8 Å². The summed E-state index contributed by atoms with van der Waals surface area (Å²) in [5.74, 6) is 1.85. The lowest BCUT2D eigenvalue weighted by Gasteiger charge is -2.51. The Morgan fingerprint density at radius 1 is 1.17 bits per heavy atom. The highest BCUT2D eigenvalue weighted by Crippen LogP contribution is 2.44. The van der Waals surface area contributed by atoms with Gasteiger partial charge in [-0.05, 0) is 64.9 Å². The molecule has 0 aliphatic carbocycles. The summed E-state index contributed by atoms with van der Waals surface area (Å²) in [4.78, 5) is 2.58. The molecule has 4 unspecified atom stereocenters. The van der Waals surface area contributed by atoms with Gasteiger partial charge in [0.1, 0.15) is 5.75 Å². The first-order valence-corrected chi connectivity index (χ1v) is 12.8. The molecule has 3 saturated heterocycles. The van der Waals surface area contributed by atoms with E-state index < -0.39 is 0 Å². The van der Waals surface area contributed by atoms with Crippen molar-refractivity contribution in [2.24, 2.45) is 11.7 Å². The van der Waals surface area contributed by atoms with Crippen molar-refractivity contribution in [3.63, 3.8) is 0 Å². The Morgan fingerprint density at radius 2 is 2.03 bits per heavy atom. The summed E-state index contributed by atoms with van der Waals surface area (Å²) in [5.41, 5.74) is 11.6. The summed E-state index contributed by atoms with van der Waals surface area (Å²) in [7, 11) is 1.71. The van der Waals surface area contributed by atoms with E-state index in [0.29, 0.717) is 17.9 Å². The lowest BCUT2D eigenvalue weighted by molar-refractivity contribution is 0.0168. The monoisotopic (exact) mass is 479 g/mol. The van der Waals surface area contributed by atoms with Crippen molar-refractivity contribution in [3.05, 3.63) is 95.8 Å². The predicted octanol–water partition coefficient (Wildman–Crippen LogP) is 5.01. The number of hydrogen-bond donors (Lipinski definition) is 1. The number of methoxy groups -OCH3 is 1. The van der Waals surface area contributed by atoms with Crippen molar-refractivity contribution in [2.75, 3.05) is 20.2 Å². The maximum atomic E-state index is 6.99. The topological polar surface area (TPSA) is 69.2 Å². The van der Waals surface area contributed by atoms with E-state index in [2.05, 4.69) is 82.6 Å². The van der Waals surface area contributed by atoms with Crippen LogP contribution in [-0.4, -0.2) is 46.1 Å². The van der Waals surface area contributed by atoms with E-state index in [1.165, 1.54) is 28.3 Å². The molecule has 0 spiro atoms. The lowest BCUT2D eigenvalue weighted by atomic mass is 9.72. The number of piperidine rings is 3. The van der Waals surface area contributed by atoms with E-state index >= 15 is 0 Å². The molecule has 6 heteroatoms. The Morgan fingerprint density at radius 3 is 2.78 bits per heavy atom. The van der Waals surface area contributed by atoms with Crippen LogP contribution in [-0.2, 0) is 6.54 Å². The molecule has 184 valence electrons. The third kappa shape index (κ3) is 4.21. The molecule has 3 aliphatic heterocycles. The van der Waals surface area contributed by atoms with Gasteiger partial charge in [-0.3, -0.25) is 4.90 Å². The van der Waals surface area contributed by atoms with Gasteiger partial charge in [-0.15, -0.1) is 5.10 Å². The van der Waals surface area contributed by atoms with Gasteiger partial charge in [-0.1, -0.05) is 66.4 Å². The second-order valence-corrected chi connectivity index (χ2v) is 10.2. The number of nitrogens with two attached hydrogens (primary N) is 1. The van der Waals surface area contributed by atoms with Gasteiger partial charge in [0.15, 0.2) is 0 Å². The molecule has 4 heterocycles. The van der Waals surface area contributed by atoms with E-state index in [0.717, 1.165) is 43.1 Å². The van der Waals surface area contributed by atoms with Gasteiger partial charge < -0.3 is 10.5 Å². The average molecular weight is 480 g/mol. The summed E-state index contributed by atoms with van der Waals surface area (Å²) in [6.07, 6.45) is 6.27. The third-order valence-corrected chi connectivity index (χ3v) is 8.19. The van der Waals surface area contributed by atoms with Gasteiger partial charge in [0, 0.05) is 30.7 Å². The third-order valence-electron chi connectivity index (χ3n) is 8.19. The standard InChI is InChI=1S/C30H33N5O/c1-3-20-7-9-21(10-8-20)17-35-19-28(32-33-35)27-18-34-14-13-23(27)15-29(34)30(31)25-6-4-5-22-11-12-24(36-2)16-26(22)25/h3-12,16,19,23,27,29-30H,1,13-15,17-18,31H2,2H3/t23?,27?,29?,30-/m0/s1. The number of aromatic nitrogens is 3.